The van der Waals surface area contributed by atoms with Crippen molar-refractivity contribution in [3.05, 3.63) is 35.1 Å². The van der Waals surface area contributed by atoms with E-state index >= 15 is 0 Å². The monoisotopic (exact) mass is 294 g/mol. The van der Waals surface area contributed by atoms with E-state index in [1.165, 1.54) is 6.07 Å². The van der Waals surface area contributed by atoms with Crippen LogP contribution in [0.5, 0.6) is 0 Å². The topological polar surface area (TPSA) is 43.8 Å². The Morgan fingerprint density at radius 2 is 2.00 bits per heavy atom. The predicted molar refractivity (Wildman–Crippen MR) is 80.0 cm³/mol. The molecule has 0 radical (unpaired) electrons. The number of piperazine rings is 1. The first-order chi connectivity index (χ1) is 10.0. The maximum atomic E-state index is 13.9. The summed E-state index contributed by atoms with van der Waals surface area (Å²) in [6, 6.07) is 4.75. The highest BCUT2D eigenvalue weighted by molar-refractivity contribution is 5.87. The molecule has 0 aromatic heterocycles. The predicted octanol–water partition coefficient (Wildman–Crippen LogP) is 2.44. The van der Waals surface area contributed by atoms with Crippen molar-refractivity contribution in [1.82, 2.24) is 9.80 Å². The molecule has 1 unspecified atom stereocenters. The number of benzene rings is 1. The van der Waals surface area contributed by atoms with Gasteiger partial charge in [0.15, 0.2) is 0 Å². The zero-order chi connectivity index (χ0) is 15.4. The van der Waals surface area contributed by atoms with Crippen LogP contribution >= 0.6 is 0 Å². The molecule has 0 aliphatic carbocycles. The van der Waals surface area contributed by atoms with E-state index in [1.54, 1.807) is 6.07 Å². The summed E-state index contributed by atoms with van der Waals surface area (Å²) in [7, 11) is 0. The third-order valence-corrected chi connectivity index (χ3v) is 4.32. The number of hydrogen-bond acceptors (Lipinski definition) is 3. The molecule has 1 heterocycles. The van der Waals surface area contributed by atoms with Crippen LogP contribution in [0.1, 0.15) is 36.2 Å². The van der Waals surface area contributed by atoms with Gasteiger partial charge in [0, 0.05) is 44.3 Å². The average molecular weight is 294 g/mol. The Hall–Kier alpha value is -1.46. The summed E-state index contributed by atoms with van der Waals surface area (Å²) in [5, 5.41) is 8.84. The lowest BCUT2D eigenvalue weighted by molar-refractivity contribution is 0.0696. The van der Waals surface area contributed by atoms with Gasteiger partial charge in [-0.05, 0) is 25.5 Å². The quantitative estimate of drug-likeness (QED) is 0.906. The number of carboxylic acids is 1. The minimum atomic E-state index is -1.09. The van der Waals surface area contributed by atoms with Crippen molar-refractivity contribution in [1.29, 1.82) is 0 Å². The Labute approximate surface area is 125 Å². The molecular formula is C16H23FN2O2. The van der Waals surface area contributed by atoms with Gasteiger partial charge in [0.05, 0.1) is 5.56 Å². The molecule has 0 amide bonds. The molecule has 1 fully saturated rings. The van der Waals surface area contributed by atoms with E-state index < -0.39 is 11.8 Å². The van der Waals surface area contributed by atoms with Crippen LogP contribution in [-0.4, -0.2) is 53.1 Å². The molecule has 2 rings (SSSR count). The van der Waals surface area contributed by atoms with Crippen LogP contribution in [-0.2, 0) is 6.54 Å². The van der Waals surface area contributed by atoms with Crippen LogP contribution in [0.15, 0.2) is 18.2 Å². The van der Waals surface area contributed by atoms with E-state index in [4.69, 9.17) is 5.11 Å². The first-order valence-electron chi connectivity index (χ1n) is 7.49. The molecule has 0 spiro atoms. The fourth-order valence-electron chi connectivity index (χ4n) is 2.67. The molecule has 1 aromatic carbocycles. The Morgan fingerprint density at radius 3 is 2.52 bits per heavy atom. The summed E-state index contributed by atoms with van der Waals surface area (Å²) >= 11 is 0. The van der Waals surface area contributed by atoms with Gasteiger partial charge in [0.25, 0.3) is 0 Å². The SMILES string of the molecule is CCC(C)N1CCN(Cc2ccc(C(=O)O)cc2F)CC1. The van der Waals surface area contributed by atoms with Gasteiger partial charge in [-0.2, -0.15) is 0 Å². The second kappa shape index (κ2) is 7.00. The van der Waals surface area contributed by atoms with Gasteiger partial charge >= 0.3 is 5.97 Å². The van der Waals surface area contributed by atoms with Crippen molar-refractivity contribution in [3.63, 3.8) is 0 Å². The largest absolute Gasteiger partial charge is 0.478 e. The fraction of sp³-hybridized carbons (Fsp3) is 0.562. The molecule has 1 aliphatic heterocycles. The van der Waals surface area contributed by atoms with E-state index in [2.05, 4.69) is 23.6 Å². The fourth-order valence-corrected chi connectivity index (χ4v) is 2.67. The molecule has 1 aromatic rings. The van der Waals surface area contributed by atoms with Crippen molar-refractivity contribution in [3.8, 4) is 0 Å². The summed E-state index contributed by atoms with van der Waals surface area (Å²) in [5.74, 6) is -1.53. The van der Waals surface area contributed by atoms with Crippen molar-refractivity contribution in [2.45, 2.75) is 32.9 Å². The highest BCUT2D eigenvalue weighted by Gasteiger charge is 2.21. The Balaban J connectivity index is 1.93. The molecule has 1 N–H and O–H groups in total. The molecule has 4 nitrogen and oxygen atoms in total. The van der Waals surface area contributed by atoms with E-state index in [0.717, 1.165) is 38.7 Å². The molecule has 116 valence electrons. The Kier molecular flexibility index (Phi) is 5.31. The van der Waals surface area contributed by atoms with E-state index in [1.807, 2.05) is 0 Å². The number of hydrogen-bond donors (Lipinski definition) is 1. The summed E-state index contributed by atoms with van der Waals surface area (Å²) < 4.78 is 13.9. The van der Waals surface area contributed by atoms with Gasteiger partial charge in [-0.1, -0.05) is 13.0 Å². The van der Waals surface area contributed by atoms with E-state index in [9.17, 15) is 9.18 Å². The zero-order valence-corrected chi connectivity index (χ0v) is 12.7. The maximum Gasteiger partial charge on any atom is 0.335 e. The standard InChI is InChI=1S/C16H23FN2O2/c1-3-12(2)19-8-6-18(7-9-19)11-14-5-4-13(16(20)21)10-15(14)17/h4-5,10,12H,3,6-9,11H2,1-2H3,(H,20,21). The number of aromatic carboxylic acids is 1. The van der Waals surface area contributed by atoms with Crippen LogP contribution in [0.4, 0.5) is 4.39 Å². The number of carboxylic acid groups (broad SMARTS) is 1. The van der Waals surface area contributed by atoms with Crippen LogP contribution in [0.25, 0.3) is 0 Å². The van der Waals surface area contributed by atoms with Gasteiger partial charge in [0.2, 0.25) is 0 Å². The van der Waals surface area contributed by atoms with E-state index in [-0.39, 0.29) is 5.56 Å². The highest BCUT2D eigenvalue weighted by Crippen LogP contribution is 2.15. The third-order valence-electron chi connectivity index (χ3n) is 4.32. The zero-order valence-electron chi connectivity index (χ0n) is 12.7. The molecule has 0 bridgehead atoms. The van der Waals surface area contributed by atoms with Crippen LogP contribution in [0.2, 0.25) is 0 Å². The number of nitrogens with zero attached hydrogens (tertiary/aromatic N) is 2. The third kappa shape index (κ3) is 4.02. The highest BCUT2D eigenvalue weighted by atomic mass is 19.1. The second-order valence-corrected chi connectivity index (χ2v) is 5.68. The molecule has 21 heavy (non-hydrogen) atoms. The minimum absolute atomic E-state index is 0.00200. The Bertz CT molecular complexity index is 499. The molecule has 0 saturated carbocycles. The lowest BCUT2D eigenvalue weighted by atomic mass is 10.1. The minimum Gasteiger partial charge on any atom is -0.478 e. The summed E-state index contributed by atoms with van der Waals surface area (Å²) in [4.78, 5) is 15.5. The second-order valence-electron chi connectivity index (χ2n) is 5.68. The Morgan fingerprint density at radius 1 is 1.33 bits per heavy atom. The van der Waals surface area contributed by atoms with Gasteiger partial charge < -0.3 is 5.11 Å². The molecule has 1 aliphatic rings. The average Bonchev–Trinajstić information content (AvgIpc) is 2.49. The van der Waals surface area contributed by atoms with Crippen molar-refractivity contribution >= 4 is 5.97 Å². The molecular weight excluding hydrogens is 271 g/mol. The number of rotatable bonds is 5. The van der Waals surface area contributed by atoms with Crippen LogP contribution in [0, 0.1) is 5.82 Å². The first-order valence-corrected chi connectivity index (χ1v) is 7.49. The van der Waals surface area contributed by atoms with Crippen LogP contribution < -0.4 is 0 Å². The van der Waals surface area contributed by atoms with Crippen molar-refractivity contribution in [2.75, 3.05) is 26.2 Å². The van der Waals surface area contributed by atoms with Gasteiger partial charge in [-0.25, -0.2) is 9.18 Å². The lowest BCUT2D eigenvalue weighted by Crippen LogP contribution is -2.49. The molecule has 1 saturated heterocycles. The summed E-state index contributed by atoms with van der Waals surface area (Å²) in [6.45, 7) is 8.82. The summed E-state index contributed by atoms with van der Waals surface area (Å²) in [6.07, 6.45) is 1.14. The molecule has 1 atom stereocenters. The normalized spacial score (nSPS) is 18.6. The van der Waals surface area contributed by atoms with Gasteiger partial charge in [0.1, 0.15) is 5.82 Å². The lowest BCUT2D eigenvalue weighted by Gasteiger charge is -2.37. The van der Waals surface area contributed by atoms with Gasteiger partial charge in [-0.15, -0.1) is 0 Å². The van der Waals surface area contributed by atoms with E-state index in [0.29, 0.717) is 18.2 Å². The maximum absolute atomic E-state index is 13.9. The molecule has 5 heteroatoms. The first kappa shape index (κ1) is 15.9. The summed E-state index contributed by atoms with van der Waals surface area (Å²) in [5.41, 5.74) is 0.565. The van der Waals surface area contributed by atoms with Crippen molar-refractivity contribution < 1.29 is 14.3 Å². The smallest absolute Gasteiger partial charge is 0.335 e. The van der Waals surface area contributed by atoms with Gasteiger partial charge in [-0.3, -0.25) is 9.80 Å². The van der Waals surface area contributed by atoms with Crippen molar-refractivity contribution in [2.24, 2.45) is 0 Å². The number of carbonyl (C=O) groups is 1. The number of halogens is 1. The van der Waals surface area contributed by atoms with Crippen LogP contribution in [0.3, 0.4) is 0 Å².